The molecule has 1 heterocycles. The van der Waals surface area contributed by atoms with Gasteiger partial charge in [0.15, 0.2) is 5.96 Å². The molecule has 0 aliphatic carbocycles. The summed E-state index contributed by atoms with van der Waals surface area (Å²) in [6.45, 7) is 6.66. The van der Waals surface area contributed by atoms with Crippen molar-refractivity contribution in [1.29, 1.82) is 0 Å². The minimum absolute atomic E-state index is 0.0857. The number of benzene rings is 2. The number of amides is 1. The average molecular weight is 411 g/mol. The van der Waals surface area contributed by atoms with Gasteiger partial charge in [-0.05, 0) is 37.6 Å². The quantitative estimate of drug-likeness (QED) is 0.460. The van der Waals surface area contributed by atoms with Crippen LogP contribution in [0.5, 0.6) is 5.75 Å². The zero-order valence-corrected chi connectivity index (χ0v) is 17.6. The highest BCUT2D eigenvalue weighted by atomic mass is 16.5. The summed E-state index contributed by atoms with van der Waals surface area (Å²) in [5, 5.41) is 9.11. The van der Waals surface area contributed by atoms with Crippen LogP contribution < -0.4 is 20.7 Å². The van der Waals surface area contributed by atoms with Crippen LogP contribution in [-0.4, -0.2) is 44.3 Å². The fourth-order valence-corrected chi connectivity index (χ4v) is 3.08. The van der Waals surface area contributed by atoms with Gasteiger partial charge in [-0.25, -0.2) is 4.99 Å². The summed E-state index contributed by atoms with van der Waals surface area (Å²) in [4.78, 5) is 16.8. The molecular weight excluding hydrogens is 380 g/mol. The maximum absolute atomic E-state index is 12.2. The Morgan fingerprint density at radius 2 is 2.03 bits per heavy atom. The maximum Gasteiger partial charge on any atom is 0.243 e. The monoisotopic (exact) mass is 410 g/mol. The minimum atomic E-state index is -0.132. The van der Waals surface area contributed by atoms with Crippen LogP contribution in [0, 0.1) is 6.92 Å². The molecule has 1 saturated heterocycles. The lowest BCUT2D eigenvalue weighted by Crippen LogP contribution is -2.41. The van der Waals surface area contributed by atoms with Crippen LogP contribution in [0.2, 0.25) is 0 Å². The molecule has 1 aliphatic heterocycles. The summed E-state index contributed by atoms with van der Waals surface area (Å²) in [7, 11) is 0. The van der Waals surface area contributed by atoms with Crippen LogP contribution in [0.1, 0.15) is 24.5 Å². The van der Waals surface area contributed by atoms with Crippen molar-refractivity contribution < 1.29 is 14.3 Å². The lowest BCUT2D eigenvalue weighted by atomic mass is 10.1. The zero-order valence-electron chi connectivity index (χ0n) is 17.6. The van der Waals surface area contributed by atoms with Crippen molar-refractivity contribution in [2.45, 2.75) is 32.9 Å². The van der Waals surface area contributed by atoms with Gasteiger partial charge in [0.2, 0.25) is 5.91 Å². The van der Waals surface area contributed by atoms with Gasteiger partial charge < -0.3 is 25.4 Å². The predicted molar refractivity (Wildman–Crippen MR) is 119 cm³/mol. The molecule has 0 bridgehead atoms. The van der Waals surface area contributed by atoms with E-state index in [-0.39, 0.29) is 18.6 Å². The molecule has 7 nitrogen and oxygen atoms in total. The lowest BCUT2D eigenvalue weighted by Gasteiger charge is -2.16. The second-order valence-corrected chi connectivity index (χ2v) is 7.18. The number of carbonyl (C=O) groups excluding carboxylic acids is 1. The summed E-state index contributed by atoms with van der Waals surface area (Å²) in [5.41, 5.74) is 2.90. The number of nitrogens with zero attached hydrogens (tertiary/aromatic N) is 1. The zero-order chi connectivity index (χ0) is 21.2. The topological polar surface area (TPSA) is 84.0 Å². The summed E-state index contributed by atoms with van der Waals surface area (Å²) in [6.07, 6.45) is 0.986. The molecule has 1 unspecified atom stereocenters. The highest BCUT2D eigenvalue weighted by molar-refractivity contribution is 5.94. The number of aryl methyl sites for hydroxylation is 1. The van der Waals surface area contributed by atoms with Gasteiger partial charge >= 0.3 is 0 Å². The van der Waals surface area contributed by atoms with Gasteiger partial charge in [-0.15, -0.1) is 0 Å². The Kier molecular flexibility index (Phi) is 8.09. The number of anilines is 1. The highest BCUT2D eigenvalue weighted by Crippen LogP contribution is 2.24. The van der Waals surface area contributed by atoms with Crippen molar-refractivity contribution in [3.8, 4) is 5.75 Å². The van der Waals surface area contributed by atoms with Gasteiger partial charge in [-0.3, -0.25) is 4.79 Å². The first-order valence-electron chi connectivity index (χ1n) is 10.3. The van der Waals surface area contributed by atoms with Gasteiger partial charge in [-0.2, -0.15) is 0 Å². The Balaban J connectivity index is 1.60. The van der Waals surface area contributed by atoms with Crippen LogP contribution >= 0.6 is 0 Å². The molecule has 1 atom stereocenters. The van der Waals surface area contributed by atoms with E-state index >= 15 is 0 Å². The number of guanidine groups is 1. The van der Waals surface area contributed by atoms with Gasteiger partial charge in [0.25, 0.3) is 0 Å². The molecule has 0 saturated carbocycles. The molecule has 1 aliphatic rings. The molecule has 30 heavy (non-hydrogen) atoms. The van der Waals surface area contributed by atoms with E-state index in [0.717, 1.165) is 35.6 Å². The standard InChI is InChI=1S/C23H30N4O3/c1-3-24-23(26-15-22(28)27-19-7-5-4-6-8-19)25-14-18-10-9-17(2)13-21(18)30-20-11-12-29-16-20/h4-10,13,20H,3,11-12,14-16H2,1-2H3,(H,27,28)(H2,24,25,26). The van der Waals surface area contributed by atoms with Gasteiger partial charge in [0.05, 0.1) is 26.3 Å². The van der Waals surface area contributed by atoms with Crippen LogP contribution in [0.4, 0.5) is 5.69 Å². The average Bonchev–Trinajstić information content (AvgIpc) is 3.25. The summed E-state index contributed by atoms with van der Waals surface area (Å²) < 4.78 is 11.6. The van der Waals surface area contributed by atoms with Crippen LogP contribution in [-0.2, 0) is 16.1 Å². The predicted octanol–water partition coefficient (Wildman–Crippen LogP) is 2.86. The van der Waals surface area contributed by atoms with Crippen molar-refractivity contribution in [2.24, 2.45) is 4.99 Å². The molecule has 3 rings (SSSR count). The van der Waals surface area contributed by atoms with Crippen molar-refractivity contribution >= 4 is 17.6 Å². The number of hydrogen-bond acceptors (Lipinski definition) is 4. The van der Waals surface area contributed by atoms with Gasteiger partial charge in [0, 0.05) is 24.2 Å². The number of para-hydroxylation sites is 1. The van der Waals surface area contributed by atoms with Crippen molar-refractivity contribution in [3.63, 3.8) is 0 Å². The Hall–Kier alpha value is -3.06. The number of rotatable bonds is 8. The summed E-state index contributed by atoms with van der Waals surface area (Å²) >= 11 is 0. The highest BCUT2D eigenvalue weighted by Gasteiger charge is 2.18. The maximum atomic E-state index is 12.2. The number of ether oxygens (including phenoxy) is 2. The molecule has 0 spiro atoms. The Labute approximate surface area is 177 Å². The van der Waals surface area contributed by atoms with E-state index in [4.69, 9.17) is 9.47 Å². The largest absolute Gasteiger partial charge is 0.488 e. The van der Waals surface area contributed by atoms with E-state index in [1.807, 2.05) is 56.3 Å². The smallest absolute Gasteiger partial charge is 0.243 e. The Morgan fingerprint density at radius 1 is 1.20 bits per heavy atom. The van der Waals surface area contributed by atoms with Gasteiger partial charge in [0.1, 0.15) is 11.9 Å². The number of aliphatic imine (C=N–C) groups is 1. The fraction of sp³-hybridized carbons (Fsp3) is 0.391. The minimum Gasteiger partial charge on any atom is -0.488 e. The second kappa shape index (κ2) is 11.2. The van der Waals surface area contributed by atoms with Crippen molar-refractivity contribution in [1.82, 2.24) is 10.6 Å². The first-order valence-corrected chi connectivity index (χ1v) is 10.3. The SMILES string of the molecule is CCNC(=NCc1ccc(C)cc1OC1CCOC1)NCC(=O)Nc1ccccc1. The third-order valence-electron chi connectivity index (χ3n) is 4.63. The first kappa shape index (κ1) is 21.6. The number of carbonyl (C=O) groups is 1. The van der Waals surface area contributed by atoms with E-state index in [9.17, 15) is 4.79 Å². The van der Waals surface area contributed by atoms with E-state index in [1.165, 1.54) is 0 Å². The number of nitrogens with one attached hydrogen (secondary N) is 3. The first-order chi connectivity index (χ1) is 14.6. The van der Waals surface area contributed by atoms with E-state index < -0.39 is 0 Å². The molecular formula is C23H30N4O3. The molecule has 0 aromatic heterocycles. The molecule has 0 radical (unpaired) electrons. The molecule has 1 fully saturated rings. The third-order valence-corrected chi connectivity index (χ3v) is 4.63. The Bertz CT molecular complexity index is 849. The Morgan fingerprint density at radius 3 is 2.77 bits per heavy atom. The van der Waals surface area contributed by atoms with Gasteiger partial charge in [-0.1, -0.05) is 30.3 Å². The molecule has 2 aromatic carbocycles. The molecule has 2 aromatic rings. The van der Waals surface area contributed by atoms with E-state index in [2.05, 4.69) is 27.0 Å². The fourth-order valence-electron chi connectivity index (χ4n) is 3.08. The van der Waals surface area contributed by atoms with Crippen LogP contribution in [0.3, 0.4) is 0 Å². The molecule has 160 valence electrons. The third kappa shape index (κ3) is 6.77. The normalized spacial score (nSPS) is 16.2. The molecule has 3 N–H and O–H groups in total. The van der Waals surface area contributed by atoms with Crippen molar-refractivity contribution in [3.05, 3.63) is 59.7 Å². The lowest BCUT2D eigenvalue weighted by molar-refractivity contribution is -0.115. The van der Waals surface area contributed by atoms with Crippen LogP contribution in [0.15, 0.2) is 53.5 Å². The number of hydrogen-bond donors (Lipinski definition) is 3. The summed E-state index contributed by atoms with van der Waals surface area (Å²) in [6, 6.07) is 15.5. The molecule has 1 amide bonds. The van der Waals surface area contributed by atoms with Crippen LogP contribution in [0.25, 0.3) is 0 Å². The summed E-state index contributed by atoms with van der Waals surface area (Å²) in [5.74, 6) is 1.29. The van der Waals surface area contributed by atoms with E-state index in [1.54, 1.807) is 0 Å². The molecule has 7 heteroatoms. The van der Waals surface area contributed by atoms with Crippen molar-refractivity contribution in [2.75, 3.05) is 31.6 Å². The second-order valence-electron chi connectivity index (χ2n) is 7.18. The van der Waals surface area contributed by atoms with E-state index in [0.29, 0.717) is 25.7 Å².